The molecule has 1 saturated heterocycles. The van der Waals surface area contributed by atoms with E-state index in [2.05, 4.69) is 56.8 Å². The molecule has 3 rings (SSSR count). The zero-order valence-electron chi connectivity index (χ0n) is 24.4. The quantitative estimate of drug-likeness (QED) is 0.355. The summed E-state index contributed by atoms with van der Waals surface area (Å²) in [6.07, 6.45) is 8.66. The number of hydrogen-bond donors (Lipinski definition) is 1. The normalized spacial score (nSPS) is 21.7. The molecule has 7 nitrogen and oxygen atoms in total. The average Bonchev–Trinajstić information content (AvgIpc) is 3.44. The maximum atomic E-state index is 13.7. The van der Waals surface area contributed by atoms with Gasteiger partial charge in [0.15, 0.2) is 0 Å². The fraction of sp³-hybridized carbons (Fsp3) is 0.677. The summed E-state index contributed by atoms with van der Waals surface area (Å²) in [5.74, 6) is -0.517. The predicted octanol–water partition coefficient (Wildman–Crippen LogP) is 4.66. The summed E-state index contributed by atoms with van der Waals surface area (Å²) in [5, 5.41) is 10.5. The molecule has 0 unspecified atom stereocenters. The molecule has 212 valence electrons. The zero-order chi connectivity index (χ0) is 27.9. The van der Waals surface area contributed by atoms with Crippen LogP contribution in [0.25, 0.3) is 0 Å². The highest BCUT2D eigenvalue weighted by Crippen LogP contribution is 2.43. The lowest BCUT2D eigenvalue weighted by Gasteiger charge is -2.34. The summed E-state index contributed by atoms with van der Waals surface area (Å²) in [7, 11) is 4.10. The average molecular weight is 528 g/mol. The van der Waals surface area contributed by atoms with Crippen molar-refractivity contribution in [2.75, 3.05) is 53.4 Å². The Bertz CT molecular complexity index is 974. The molecule has 0 aliphatic carbocycles. The molecule has 3 atom stereocenters. The summed E-state index contributed by atoms with van der Waals surface area (Å²) in [6.45, 7) is 12.4. The van der Waals surface area contributed by atoms with Crippen LogP contribution in [0.1, 0.15) is 70.4 Å². The van der Waals surface area contributed by atoms with Gasteiger partial charge in [-0.3, -0.25) is 14.5 Å². The molecule has 2 aliphatic heterocycles. The van der Waals surface area contributed by atoms with E-state index < -0.39 is 11.9 Å². The van der Waals surface area contributed by atoms with E-state index >= 15 is 0 Å². The van der Waals surface area contributed by atoms with Gasteiger partial charge in [-0.05, 0) is 69.4 Å². The van der Waals surface area contributed by atoms with Crippen LogP contribution in [-0.2, 0) is 16.0 Å². The summed E-state index contributed by atoms with van der Waals surface area (Å²) >= 11 is 0. The standard InChI is InChI=1S/C31H49N3O4/c1-7-9-16-33(17-10-15-32(5)6)28(35)22-34-21-25(23-11-12-27-24(19-23)13-18-38-27)29(30(36)37)26(34)20-31(3,4)14-8-2/h8,11-12,14,19,25-26,29H,7,9-10,13,15-18,20-22H2,1-6H3,(H,36,37)/t25-,26+,29-/m1/s1. The Morgan fingerprint density at radius 1 is 1.18 bits per heavy atom. The van der Waals surface area contributed by atoms with Crippen LogP contribution in [0.15, 0.2) is 30.4 Å². The first-order valence-electron chi connectivity index (χ1n) is 14.3. The minimum atomic E-state index is -0.781. The Morgan fingerprint density at radius 3 is 2.58 bits per heavy atom. The molecule has 1 aromatic rings. The Kier molecular flexibility index (Phi) is 10.8. The molecule has 38 heavy (non-hydrogen) atoms. The molecule has 7 heteroatoms. The highest BCUT2D eigenvalue weighted by Gasteiger charge is 2.48. The molecule has 2 aliphatic rings. The highest BCUT2D eigenvalue weighted by atomic mass is 16.5. The molecule has 0 saturated carbocycles. The number of rotatable bonds is 14. The number of ether oxygens (including phenoxy) is 1. The Hall–Kier alpha value is -2.38. The van der Waals surface area contributed by atoms with Gasteiger partial charge in [0.05, 0.1) is 19.1 Å². The number of carbonyl (C=O) groups excluding carboxylic acids is 1. The van der Waals surface area contributed by atoms with Crippen LogP contribution in [-0.4, -0.2) is 91.2 Å². The molecular weight excluding hydrogens is 478 g/mol. The number of unbranched alkanes of at least 4 members (excludes halogenated alkanes) is 1. The predicted molar refractivity (Wildman–Crippen MR) is 153 cm³/mol. The molecule has 0 radical (unpaired) electrons. The SMILES string of the molecule is CC=CC(C)(C)C[C@H]1[C@H](C(=O)O)[C@@H](c2ccc3c(c2)CCO3)CN1CC(=O)N(CCCC)CCCN(C)C. The minimum absolute atomic E-state index is 0.109. The lowest BCUT2D eigenvalue weighted by atomic mass is 9.77. The molecule has 1 aromatic carbocycles. The monoisotopic (exact) mass is 527 g/mol. The van der Waals surface area contributed by atoms with Gasteiger partial charge in [-0.1, -0.05) is 51.5 Å². The van der Waals surface area contributed by atoms with Crippen molar-refractivity contribution in [2.24, 2.45) is 11.3 Å². The van der Waals surface area contributed by atoms with E-state index in [1.54, 1.807) is 0 Å². The second-order valence-corrected chi connectivity index (χ2v) is 12.0. The first-order valence-corrected chi connectivity index (χ1v) is 14.3. The van der Waals surface area contributed by atoms with Gasteiger partial charge in [-0.25, -0.2) is 0 Å². The number of hydrogen-bond acceptors (Lipinski definition) is 5. The summed E-state index contributed by atoms with van der Waals surface area (Å²) in [6, 6.07) is 5.92. The number of amides is 1. The van der Waals surface area contributed by atoms with E-state index in [1.165, 1.54) is 0 Å². The summed E-state index contributed by atoms with van der Waals surface area (Å²) in [5.41, 5.74) is 2.01. The lowest BCUT2D eigenvalue weighted by Crippen LogP contribution is -2.46. The van der Waals surface area contributed by atoms with Crippen LogP contribution in [0.4, 0.5) is 0 Å². The van der Waals surface area contributed by atoms with Gasteiger partial charge >= 0.3 is 5.97 Å². The van der Waals surface area contributed by atoms with Gasteiger partial charge in [0.1, 0.15) is 5.75 Å². The van der Waals surface area contributed by atoms with Crippen LogP contribution in [0.2, 0.25) is 0 Å². The van der Waals surface area contributed by atoms with E-state index in [9.17, 15) is 14.7 Å². The summed E-state index contributed by atoms with van der Waals surface area (Å²) < 4.78 is 5.70. The van der Waals surface area contributed by atoms with Crippen molar-refractivity contribution < 1.29 is 19.4 Å². The van der Waals surface area contributed by atoms with E-state index in [0.717, 1.165) is 62.2 Å². The van der Waals surface area contributed by atoms with E-state index in [1.807, 2.05) is 30.0 Å². The summed E-state index contributed by atoms with van der Waals surface area (Å²) in [4.78, 5) is 32.8. The van der Waals surface area contributed by atoms with E-state index in [-0.39, 0.29) is 29.8 Å². The van der Waals surface area contributed by atoms with Crippen LogP contribution in [0.3, 0.4) is 0 Å². The Balaban J connectivity index is 1.89. The molecule has 2 heterocycles. The fourth-order valence-corrected chi connectivity index (χ4v) is 6.14. The number of carboxylic acid groups (broad SMARTS) is 1. The van der Waals surface area contributed by atoms with Gasteiger partial charge in [0.2, 0.25) is 5.91 Å². The van der Waals surface area contributed by atoms with Gasteiger partial charge in [0, 0.05) is 38.0 Å². The number of fused-ring (bicyclic) bond motifs is 1. The third-order valence-electron chi connectivity index (χ3n) is 8.03. The van der Waals surface area contributed by atoms with Crippen molar-refractivity contribution in [2.45, 2.75) is 71.8 Å². The molecule has 1 amide bonds. The topological polar surface area (TPSA) is 73.3 Å². The number of carbonyl (C=O) groups is 2. The van der Waals surface area contributed by atoms with Crippen molar-refractivity contribution in [3.05, 3.63) is 41.5 Å². The zero-order valence-corrected chi connectivity index (χ0v) is 24.4. The number of allylic oxidation sites excluding steroid dienone is 2. The third-order valence-corrected chi connectivity index (χ3v) is 8.03. The van der Waals surface area contributed by atoms with Crippen LogP contribution < -0.4 is 4.74 Å². The van der Waals surface area contributed by atoms with Gasteiger partial charge in [-0.2, -0.15) is 0 Å². The van der Waals surface area contributed by atoms with E-state index in [0.29, 0.717) is 19.6 Å². The maximum absolute atomic E-state index is 13.7. The number of nitrogens with zero attached hydrogens (tertiary/aromatic N) is 3. The third kappa shape index (κ3) is 7.82. The Labute approximate surface area is 229 Å². The van der Waals surface area contributed by atoms with Gasteiger partial charge in [-0.15, -0.1) is 0 Å². The van der Waals surface area contributed by atoms with Crippen molar-refractivity contribution in [3.8, 4) is 5.75 Å². The molecule has 1 N–H and O–H groups in total. The van der Waals surface area contributed by atoms with Crippen molar-refractivity contribution in [1.29, 1.82) is 0 Å². The molecule has 1 fully saturated rings. The second-order valence-electron chi connectivity index (χ2n) is 12.0. The molecular formula is C31H49N3O4. The fourth-order valence-electron chi connectivity index (χ4n) is 6.14. The first-order chi connectivity index (χ1) is 18.1. The minimum Gasteiger partial charge on any atom is -0.493 e. The van der Waals surface area contributed by atoms with Crippen LogP contribution in [0, 0.1) is 11.3 Å². The Morgan fingerprint density at radius 2 is 1.92 bits per heavy atom. The van der Waals surface area contributed by atoms with Crippen molar-refractivity contribution in [3.63, 3.8) is 0 Å². The van der Waals surface area contributed by atoms with E-state index in [4.69, 9.17) is 4.74 Å². The highest BCUT2D eigenvalue weighted by molar-refractivity contribution is 5.79. The number of likely N-dealkylation sites (tertiary alicyclic amines) is 1. The number of carboxylic acids is 1. The van der Waals surface area contributed by atoms with Crippen LogP contribution in [0.5, 0.6) is 5.75 Å². The largest absolute Gasteiger partial charge is 0.493 e. The van der Waals surface area contributed by atoms with Crippen molar-refractivity contribution in [1.82, 2.24) is 14.7 Å². The maximum Gasteiger partial charge on any atom is 0.308 e. The van der Waals surface area contributed by atoms with Gasteiger partial charge in [0.25, 0.3) is 0 Å². The number of aliphatic carboxylic acids is 1. The molecule has 0 aromatic heterocycles. The first kappa shape index (κ1) is 30.2. The van der Waals surface area contributed by atoms with Crippen LogP contribution >= 0.6 is 0 Å². The lowest BCUT2D eigenvalue weighted by molar-refractivity contribution is -0.144. The molecule has 0 spiro atoms. The molecule has 0 bridgehead atoms. The number of benzene rings is 1. The second kappa shape index (κ2) is 13.6. The van der Waals surface area contributed by atoms with Crippen molar-refractivity contribution >= 4 is 11.9 Å². The smallest absolute Gasteiger partial charge is 0.308 e. The van der Waals surface area contributed by atoms with Gasteiger partial charge < -0.3 is 19.6 Å².